The predicted octanol–water partition coefficient (Wildman–Crippen LogP) is 2.51. The number of ether oxygens (including phenoxy) is 2. The fourth-order valence-electron chi connectivity index (χ4n) is 3.35. The van der Waals surface area contributed by atoms with E-state index in [1.807, 2.05) is 12.1 Å². The molecule has 2 aliphatic rings. The number of likely N-dealkylation sites (tertiary alicyclic amines) is 1. The van der Waals surface area contributed by atoms with Crippen molar-refractivity contribution >= 4 is 0 Å². The molecule has 3 heteroatoms. The van der Waals surface area contributed by atoms with Crippen molar-refractivity contribution < 1.29 is 9.47 Å². The summed E-state index contributed by atoms with van der Waals surface area (Å²) in [6.45, 7) is 6.60. The van der Waals surface area contributed by atoms with Crippen molar-refractivity contribution in [3.05, 3.63) is 23.8 Å². The highest BCUT2D eigenvalue weighted by molar-refractivity contribution is 5.49. The number of rotatable bonds is 3. The summed E-state index contributed by atoms with van der Waals surface area (Å²) in [6.07, 6.45) is 1.22. The van der Waals surface area contributed by atoms with E-state index in [1.165, 1.54) is 18.5 Å². The predicted molar refractivity (Wildman–Crippen MR) is 71.5 cm³/mol. The third-order valence-electron chi connectivity index (χ3n) is 4.13. The zero-order valence-corrected chi connectivity index (χ0v) is 11.2. The monoisotopic (exact) mass is 247 g/mol. The summed E-state index contributed by atoms with van der Waals surface area (Å²) in [5, 5.41) is 0. The molecule has 0 saturated carbocycles. The van der Waals surface area contributed by atoms with Crippen LogP contribution in [-0.2, 0) is 0 Å². The molecule has 3 rings (SSSR count). The van der Waals surface area contributed by atoms with E-state index in [1.54, 1.807) is 7.11 Å². The molecule has 1 fully saturated rings. The van der Waals surface area contributed by atoms with Crippen molar-refractivity contribution in [2.24, 2.45) is 5.92 Å². The molecule has 0 bridgehead atoms. The summed E-state index contributed by atoms with van der Waals surface area (Å²) in [5.41, 5.74) is 1.29. The fourth-order valence-corrected chi connectivity index (χ4v) is 3.35. The van der Waals surface area contributed by atoms with Crippen LogP contribution in [0.5, 0.6) is 11.5 Å². The lowest BCUT2D eigenvalue weighted by atomic mass is 9.86. The minimum atomic E-state index is 0.580. The second kappa shape index (κ2) is 4.81. The second-order valence-electron chi connectivity index (χ2n) is 5.31. The summed E-state index contributed by atoms with van der Waals surface area (Å²) >= 11 is 0. The first-order valence-electron chi connectivity index (χ1n) is 6.85. The first-order valence-corrected chi connectivity index (χ1v) is 6.85. The Morgan fingerprint density at radius 3 is 3.06 bits per heavy atom. The molecule has 0 spiro atoms. The summed E-state index contributed by atoms with van der Waals surface area (Å²) in [5.74, 6) is 3.21. The smallest absolute Gasteiger partial charge is 0.126 e. The SMILES string of the molecule is CCCN1C[C@@H]2COc3cccc(OC)c3[C@@H]2C1. The molecule has 18 heavy (non-hydrogen) atoms. The molecule has 0 N–H and O–H groups in total. The van der Waals surface area contributed by atoms with Gasteiger partial charge in [-0.15, -0.1) is 0 Å². The molecule has 2 atom stereocenters. The van der Waals surface area contributed by atoms with Crippen molar-refractivity contribution in [1.82, 2.24) is 4.90 Å². The highest BCUT2D eigenvalue weighted by Gasteiger charge is 2.39. The largest absolute Gasteiger partial charge is 0.496 e. The zero-order valence-electron chi connectivity index (χ0n) is 11.2. The molecule has 0 aromatic heterocycles. The highest BCUT2D eigenvalue weighted by atomic mass is 16.5. The van der Waals surface area contributed by atoms with Crippen molar-refractivity contribution in [1.29, 1.82) is 0 Å². The maximum atomic E-state index is 5.90. The van der Waals surface area contributed by atoms with Crippen LogP contribution in [0.1, 0.15) is 24.8 Å². The standard InChI is InChI=1S/C15H21NO2/c1-3-7-16-8-11-10-18-14-6-4-5-13(17-2)15(14)12(11)9-16/h4-6,11-12H,3,7-10H2,1-2H3/t11-,12-/m1/s1. The van der Waals surface area contributed by atoms with E-state index in [2.05, 4.69) is 17.9 Å². The van der Waals surface area contributed by atoms with Gasteiger partial charge in [0, 0.05) is 30.5 Å². The molecule has 1 aromatic rings. The maximum absolute atomic E-state index is 5.90. The van der Waals surface area contributed by atoms with E-state index in [0.717, 1.165) is 31.2 Å². The van der Waals surface area contributed by atoms with Gasteiger partial charge in [-0.05, 0) is 25.1 Å². The molecule has 0 radical (unpaired) electrons. The van der Waals surface area contributed by atoms with Gasteiger partial charge in [0.1, 0.15) is 11.5 Å². The summed E-state index contributed by atoms with van der Waals surface area (Å²) in [7, 11) is 1.75. The molecule has 0 amide bonds. The lowest BCUT2D eigenvalue weighted by Crippen LogP contribution is -2.25. The molecule has 1 aromatic carbocycles. The Morgan fingerprint density at radius 1 is 1.39 bits per heavy atom. The number of methoxy groups -OCH3 is 1. The second-order valence-corrected chi connectivity index (χ2v) is 5.31. The van der Waals surface area contributed by atoms with Crippen molar-refractivity contribution in [3.8, 4) is 11.5 Å². The molecule has 0 unspecified atom stereocenters. The van der Waals surface area contributed by atoms with Gasteiger partial charge in [0.25, 0.3) is 0 Å². The van der Waals surface area contributed by atoms with E-state index in [9.17, 15) is 0 Å². The van der Waals surface area contributed by atoms with Gasteiger partial charge in [0.15, 0.2) is 0 Å². The van der Waals surface area contributed by atoms with Crippen LogP contribution in [0.3, 0.4) is 0 Å². The van der Waals surface area contributed by atoms with Crippen LogP contribution in [0.15, 0.2) is 18.2 Å². The Labute approximate surface area is 109 Å². The van der Waals surface area contributed by atoms with E-state index in [0.29, 0.717) is 11.8 Å². The number of benzene rings is 1. The van der Waals surface area contributed by atoms with Gasteiger partial charge in [-0.2, -0.15) is 0 Å². The van der Waals surface area contributed by atoms with Gasteiger partial charge in [-0.25, -0.2) is 0 Å². The minimum absolute atomic E-state index is 0.580. The number of fused-ring (bicyclic) bond motifs is 3. The molecule has 98 valence electrons. The van der Waals surface area contributed by atoms with Gasteiger partial charge in [0.05, 0.1) is 13.7 Å². The molecule has 0 aliphatic carbocycles. The van der Waals surface area contributed by atoms with Gasteiger partial charge < -0.3 is 14.4 Å². The van der Waals surface area contributed by atoms with Crippen molar-refractivity contribution in [2.75, 3.05) is 33.4 Å². The summed E-state index contributed by atoms with van der Waals surface area (Å²) in [6, 6.07) is 6.13. The van der Waals surface area contributed by atoms with E-state index >= 15 is 0 Å². The first kappa shape index (κ1) is 11.8. The van der Waals surface area contributed by atoms with Crippen LogP contribution in [0, 0.1) is 5.92 Å². The first-order chi connectivity index (χ1) is 8.83. The Balaban J connectivity index is 1.92. The van der Waals surface area contributed by atoms with E-state index < -0.39 is 0 Å². The van der Waals surface area contributed by atoms with Crippen LogP contribution >= 0.6 is 0 Å². The fraction of sp³-hybridized carbons (Fsp3) is 0.600. The number of nitrogens with zero attached hydrogens (tertiary/aromatic N) is 1. The molecular formula is C15H21NO2. The van der Waals surface area contributed by atoms with Gasteiger partial charge >= 0.3 is 0 Å². The minimum Gasteiger partial charge on any atom is -0.496 e. The number of hydrogen-bond donors (Lipinski definition) is 0. The van der Waals surface area contributed by atoms with Gasteiger partial charge in [-0.1, -0.05) is 13.0 Å². The highest BCUT2D eigenvalue weighted by Crippen LogP contribution is 2.45. The third-order valence-corrected chi connectivity index (χ3v) is 4.13. The summed E-state index contributed by atoms with van der Waals surface area (Å²) < 4.78 is 11.4. The zero-order chi connectivity index (χ0) is 12.5. The topological polar surface area (TPSA) is 21.7 Å². The van der Waals surface area contributed by atoms with E-state index in [4.69, 9.17) is 9.47 Å². The lowest BCUT2D eigenvalue weighted by Gasteiger charge is -2.29. The maximum Gasteiger partial charge on any atom is 0.126 e. The molecule has 2 heterocycles. The molecule has 1 saturated heterocycles. The Morgan fingerprint density at radius 2 is 2.28 bits per heavy atom. The summed E-state index contributed by atoms with van der Waals surface area (Å²) in [4.78, 5) is 2.56. The van der Waals surface area contributed by atoms with Crippen LogP contribution in [0.25, 0.3) is 0 Å². The average molecular weight is 247 g/mol. The molecule has 3 nitrogen and oxygen atoms in total. The Hall–Kier alpha value is -1.22. The Kier molecular flexibility index (Phi) is 3.16. The van der Waals surface area contributed by atoms with Gasteiger partial charge in [0.2, 0.25) is 0 Å². The lowest BCUT2D eigenvalue weighted by molar-refractivity contribution is 0.209. The quantitative estimate of drug-likeness (QED) is 0.819. The van der Waals surface area contributed by atoms with Crippen LogP contribution in [-0.4, -0.2) is 38.3 Å². The van der Waals surface area contributed by atoms with E-state index in [-0.39, 0.29) is 0 Å². The normalized spacial score (nSPS) is 26.3. The van der Waals surface area contributed by atoms with Crippen LogP contribution in [0.4, 0.5) is 0 Å². The third kappa shape index (κ3) is 1.87. The Bertz CT molecular complexity index is 418. The molecular weight excluding hydrogens is 226 g/mol. The number of hydrogen-bond acceptors (Lipinski definition) is 3. The average Bonchev–Trinajstić information content (AvgIpc) is 2.81. The van der Waals surface area contributed by atoms with Crippen LogP contribution in [0.2, 0.25) is 0 Å². The van der Waals surface area contributed by atoms with Crippen LogP contribution < -0.4 is 9.47 Å². The van der Waals surface area contributed by atoms with Crippen molar-refractivity contribution in [3.63, 3.8) is 0 Å². The molecule has 2 aliphatic heterocycles. The van der Waals surface area contributed by atoms with Crippen molar-refractivity contribution in [2.45, 2.75) is 19.3 Å². The van der Waals surface area contributed by atoms with Gasteiger partial charge in [-0.3, -0.25) is 0 Å².